The molecule has 0 aliphatic rings. The predicted molar refractivity (Wildman–Crippen MR) is 76.4 cm³/mol. The Morgan fingerprint density at radius 1 is 1.30 bits per heavy atom. The molecule has 1 heterocycles. The van der Waals surface area contributed by atoms with Gasteiger partial charge in [-0.2, -0.15) is 5.10 Å². The average Bonchev–Trinajstić information content (AvgIpc) is 2.83. The summed E-state index contributed by atoms with van der Waals surface area (Å²) in [6, 6.07) is 0. The Labute approximate surface area is 119 Å². The maximum absolute atomic E-state index is 11.4. The van der Waals surface area contributed by atoms with Crippen LogP contribution >= 0.6 is 0 Å². The van der Waals surface area contributed by atoms with E-state index in [9.17, 15) is 4.79 Å². The third kappa shape index (κ3) is 8.47. The number of carbonyl (C=O) groups excluding carboxylic acids is 1. The minimum Gasteiger partial charge on any atom is -0.444 e. The van der Waals surface area contributed by atoms with Crippen LogP contribution in [0.1, 0.15) is 39.4 Å². The molecule has 0 aromatic carbocycles. The monoisotopic (exact) mass is 283 g/mol. The van der Waals surface area contributed by atoms with Crippen molar-refractivity contribution in [1.29, 1.82) is 0 Å². The fourth-order valence-corrected chi connectivity index (χ4v) is 1.58. The standard InChI is InChI=1S/C13H25N5O2/c1-13(2,3)20-12(19)15-9-5-8-14-7-4-6-11-16-10-17-18-11/h10,14H,4-9H2,1-3H3,(H,15,19)(H,16,17,18). The highest BCUT2D eigenvalue weighted by Crippen LogP contribution is 2.06. The normalized spacial score (nSPS) is 11.3. The van der Waals surface area contributed by atoms with Gasteiger partial charge in [-0.15, -0.1) is 0 Å². The van der Waals surface area contributed by atoms with Crippen molar-refractivity contribution in [2.75, 3.05) is 19.6 Å². The smallest absolute Gasteiger partial charge is 0.407 e. The molecule has 0 saturated heterocycles. The number of alkyl carbamates (subject to hydrolysis) is 1. The Kier molecular flexibility index (Phi) is 7.00. The van der Waals surface area contributed by atoms with Crippen molar-refractivity contribution < 1.29 is 9.53 Å². The number of amides is 1. The number of nitrogens with one attached hydrogen (secondary N) is 3. The maximum Gasteiger partial charge on any atom is 0.407 e. The van der Waals surface area contributed by atoms with Gasteiger partial charge in [-0.3, -0.25) is 5.10 Å². The van der Waals surface area contributed by atoms with Gasteiger partial charge < -0.3 is 15.4 Å². The number of aromatic amines is 1. The molecule has 0 spiro atoms. The lowest BCUT2D eigenvalue weighted by atomic mass is 10.2. The van der Waals surface area contributed by atoms with E-state index in [1.165, 1.54) is 6.33 Å². The number of ether oxygens (including phenoxy) is 1. The zero-order chi connectivity index (χ0) is 14.8. The number of carbonyl (C=O) groups is 1. The van der Waals surface area contributed by atoms with Crippen LogP contribution in [0, 0.1) is 0 Å². The fraction of sp³-hybridized carbons (Fsp3) is 0.769. The first-order valence-electron chi connectivity index (χ1n) is 6.99. The second kappa shape index (κ2) is 8.52. The van der Waals surface area contributed by atoms with Crippen molar-refractivity contribution >= 4 is 6.09 Å². The molecular weight excluding hydrogens is 258 g/mol. The van der Waals surface area contributed by atoms with Crippen molar-refractivity contribution in [3.63, 3.8) is 0 Å². The molecular formula is C13H25N5O2. The summed E-state index contributed by atoms with van der Waals surface area (Å²) in [4.78, 5) is 15.4. The number of rotatable bonds is 8. The fourth-order valence-electron chi connectivity index (χ4n) is 1.58. The van der Waals surface area contributed by atoms with E-state index < -0.39 is 5.60 Å². The maximum atomic E-state index is 11.4. The molecule has 0 radical (unpaired) electrons. The van der Waals surface area contributed by atoms with Gasteiger partial charge in [0.25, 0.3) is 0 Å². The molecule has 7 nitrogen and oxygen atoms in total. The summed E-state index contributed by atoms with van der Waals surface area (Å²) in [7, 11) is 0. The highest BCUT2D eigenvalue weighted by molar-refractivity contribution is 5.67. The molecule has 0 fully saturated rings. The van der Waals surface area contributed by atoms with Crippen molar-refractivity contribution in [3.05, 3.63) is 12.2 Å². The van der Waals surface area contributed by atoms with E-state index in [0.29, 0.717) is 6.54 Å². The zero-order valence-electron chi connectivity index (χ0n) is 12.5. The molecule has 0 saturated carbocycles. The van der Waals surface area contributed by atoms with Crippen molar-refractivity contribution in [3.8, 4) is 0 Å². The first-order chi connectivity index (χ1) is 9.47. The first kappa shape index (κ1) is 16.4. The summed E-state index contributed by atoms with van der Waals surface area (Å²) in [5, 5.41) is 12.7. The molecule has 3 N–H and O–H groups in total. The highest BCUT2D eigenvalue weighted by atomic mass is 16.6. The number of nitrogens with zero attached hydrogens (tertiary/aromatic N) is 2. The van der Waals surface area contributed by atoms with Gasteiger partial charge in [0.15, 0.2) is 0 Å². The van der Waals surface area contributed by atoms with Crippen LogP contribution in [0.25, 0.3) is 0 Å². The Morgan fingerprint density at radius 2 is 2.05 bits per heavy atom. The van der Waals surface area contributed by atoms with Crippen LogP contribution in [0.5, 0.6) is 0 Å². The quantitative estimate of drug-likeness (QED) is 0.624. The molecule has 1 aromatic rings. The van der Waals surface area contributed by atoms with Crippen LogP contribution in [0.3, 0.4) is 0 Å². The summed E-state index contributed by atoms with van der Waals surface area (Å²) in [5.74, 6) is 0.915. The number of aromatic nitrogens is 3. The van der Waals surface area contributed by atoms with E-state index in [0.717, 1.165) is 38.2 Å². The Bertz CT molecular complexity index is 373. The van der Waals surface area contributed by atoms with Crippen LogP contribution in [0.4, 0.5) is 4.79 Å². The third-order valence-electron chi connectivity index (χ3n) is 2.43. The first-order valence-corrected chi connectivity index (χ1v) is 6.99. The summed E-state index contributed by atoms with van der Waals surface area (Å²) in [6.45, 7) is 7.96. The third-order valence-corrected chi connectivity index (χ3v) is 2.43. The van der Waals surface area contributed by atoms with Gasteiger partial charge in [0.2, 0.25) is 0 Å². The lowest BCUT2D eigenvalue weighted by molar-refractivity contribution is 0.0527. The number of aryl methyl sites for hydroxylation is 1. The van der Waals surface area contributed by atoms with Crippen LogP contribution in [-0.4, -0.2) is 46.5 Å². The Morgan fingerprint density at radius 3 is 2.70 bits per heavy atom. The van der Waals surface area contributed by atoms with Crippen molar-refractivity contribution in [2.45, 2.75) is 45.6 Å². The molecule has 0 aliphatic heterocycles. The summed E-state index contributed by atoms with van der Waals surface area (Å²) in [5.41, 5.74) is -0.441. The van der Waals surface area contributed by atoms with E-state index in [4.69, 9.17) is 4.74 Å². The van der Waals surface area contributed by atoms with Crippen LogP contribution in [-0.2, 0) is 11.2 Å². The van der Waals surface area contributed by atoms with E-state index >= 15 is 0 Å². The second-order valence-corrected chi connectivity index (χ2v) is 5.57. The van der Waals surface area contributed by atoms with E-state index in [-0.39, 0.29) is 6.09 Å². The van der Waals surface area contributed by atoms with Gasteiger partial charge >= 0.3 is 6.09 Å². The molecule has 1 aromatic heterocycles. The summed E-state index contributed by atoms with van der Waals surface area (Å²) in [6.07, 6.45) is 3.94. The topological polar surface area (TPSA) is 91.9 Å². The molecule has 1 rings (SSSR count). The minimum absolute atomic E-state index is 0.359. The highest BCUT2D eigenvalue weighted by Gasteiger charge is 2.15. The molecule has 7 heteroatoms. The Balaban J connectivity index is 1.88. The molecule has 0 aliphatic carbocycles. The van der Waals surface area contributed by atoms with Gasteiger partial charge in [0, 0.05) is 13.0 Å². The molecule has 1 amide bonds. The van der Waals surface area contributed by atoms with E-state index in [2.05, 4.69) is 25.8 Å². The number of hydrogen-bond donors (Lipinski definition) is 3. The summed E-state index contributed by atoms with van der Waals surface area (Å²) < 4.78 is 5.14. The minimum atomic E-state index is -0.441. The van der Waals surface area contributed by atoms with E-state index in [1.807, 2.05) is 20.8 Å². The predicted octanol–water partition coefficient (Wildman–Crippen LogP) is 1.24. The molecule has 0 unspecified atom stereocenters. The van der Waals surface area contributed by atoms with Gasteiger partial charge in [-0.1, -0.05) is 0 Å². The molecule has 0 atom stereocenters. The van der Waals surface area contributed by atoms with Crippen LogP contribution in [0.2, 0.25) is 0 Å². The van der Waals surface area contributed by atoms with Gasteiger partial charge in [-0.25, -0.2) is 9.78 Å². The number of H-pyrrole nitrogens is 1. The van der Waals surface area contributed by atoms with Gasteiger partial charge in [0.05, 0.1) is 0 Å². The zero-order valence-corrected chi connectivity index (χ0v) is 12.5. The van der Waals surface area contributed by atoms with Gasteiger partial charge in [-0.05, 0) is 46.7 Å². The average molecular weight is 283 g/mol. The number of hydrogen-bond acceptors (Lipinski definition) is 5. The van der Waals surface area contributed by atoms with Crippen molar-refractivity contribution in [2.24, 2.45) is 0 Å². The van der Waals surface area contributed by atoms with Crippen LogP contribution in [0.15, 0.2) is 6.33 Å². The lowest BCUT2D eigenvalue weighted by Gasteiger charge is -2.19. The van der Waals surface area contributed by atoms with Gasteiger partial charge in [0.1, 0.15) is 17.8 Å². The summed E-state index contributed by atoms with van der Waals surface area (Å²) >= 11 is 0. The van der Waals surface area contributed by atoms with Crippen LogP contribution < -0.4 is 10.6 Å². The SMILES string of the molecule is CC(C)(C)OC(=O)NCCCNCCCc1ncn[nH]1. The molecule has 0 bridgehead atoms. The molecule has 114 valence electrons. The Hall–Kier alpha value is -1.63. The largest absolute Gasteiger partial charge is 0.444 e. The molecule has 20 heavy (non-hydrogen) atoms. The second-order valence-electron chi connectivity index (χ2n) is 5.57. The van der Waals surface area contributed by atoms with Crippen molar-refractivity contribution in [1.82, 2.24) is 25.8 Å². The van der Waals surface area contributed by atoms with E-state index in [1.54, 1.807) is 0 Å². The lowest BCUT2D eigenvalue weighted by Crippen LogP contribution is -2.34.